The summed E-state index contributed by atoms with van der Waals surface area (Å²) >= 11 is 0. The molecule has 8 nitrogen and oxygen atoms in total. The standard InChI is InChI=1S/C18H18FN5O3/c1-3-15-17(24(25)26)18(23(2)22-15)21-10-12-6-7-16(14(19)9-12)27-13-5-4-8-20-11-13/h4-9,11,21H,3,10H2,1-2H3. The van der Waals surface area contributed by atoms with Crippen LogP contribution in [0.3, 0.4) is 0 Å². The first-order valence-electron chi connectivity index (χ1n) is 8.30. The predicted octanol–water partition coefficient (Wildman–Crippen LogP) is 3.83. The van der Waals surface area contributed by atoms with Gasteiger partial charge in [-0.2, -0.15) is 5.10 Å². The lowest BCUT2D eigenvalue weighted by atomic mass is 10.2. The number of hydrogen-bond acceptors (Lipinski definition) is 6. The third-order valence-corrected chi connectivity index (χ3v) is 3.93. The van der Waals surface area contributed by atoms with E-state index in [4.69, 9.17) is 4.74 Å². The summed E-state index contributed by atoms with van der Waals surface area (Å²) in [6, 6.07) is 7.88. The van der Waals surface area contributed by atoms with Gasteiger partial charge in [-0.25, -0.2) is 9.07 Å². The molecular formula is C18H18FN5O3. The molecule has 1 aromatic carbocycles. The second kappa shape index (κ2) is 7.81. The predicted molar refractivity (Wildman–Crippen MR) is 97.3 cm³/mol. The molecule has 0 aliphatic carbocycles. The Bertz CT molecular complexity index is 959. The topological polar surface area (TPSA) is 95.1 Å². The second-order valence-electron chi connectivity index (χ2n) is 5.79. The summed E-state index contributed by atoms with van der Waals surface area (Å²) in [5, 5.41) is 18.5. The van der Waals surface area contributed by atoms with Gasteiger partial charge >= 0.3 is 5.69 Å². The van der Waals surface area contributed by atoms with Crippen molar-refractivity contribution < 1.29 is 14.1 Å². The molecule has 1 N–H and O–H groups in total. The average Bonchev–Trinajstić information content (AvgIpc) is 2.98. The molecule has 0 radical (unpaired) electrons. The van der Waals surface area contributed by atoms with Gasteiger partial charge < -0.3 is 10.1 Å². The van der Waals surface area contributed by atoms with Crippen LogP contribution < -0.4 is 10.1 Å². The summed E-state index contributed by atoms with van der Waals surface area (Å²) in [7, 11) is 1.62. The van der Waals surface area contributed by atoms with Crippen LogP contribution in [0.25, 0.3) is 0 Å². The molecule has 2 aromatic heterocycles. The summed E-state index contributed by atoms with van der Waals surface area (Å²) in [6.45, 7) is 2.00. The SMILES string of the molecule is CCc1nn(C)c(NCc2ccc(Oc3cccnc3)c(F)c2)c1[N+](=O)[O-]. The molecule has 0 amide bonds. The number of nitrogens with one attached hydrogen (secondary N) is 1. The van der Waals surface area contributed by atoms with Gasteiger partial charge in [0.1, 0.15) is 11.4 Å². The number of ether oxygens (including phenoxy) is 1. The Labute approximate surface area is 154 Å². The van der Waals surface area contributed by atoms with Gasteiger partial charge in [-0.15, -0.1) is 0 Å². The van der Waals surface area contributed by atoms with Gasteiger partial charge in [0.25, 0.3) is 0 Å². The van der Waals surface area contributed by atoms with Crippen LogP contribution in [-0.2, 0) is 20.0 Å². The van der Waals surface area contributed by atoms with Crippen LogP contribution in [0.15, 0.2) is 42.7 Å². The number of nitrogens with zero attached hydrogens (tertiary/aromatic N) is 4. The fraction of sp³-hybridized carbons (Fsp3) is 0.222. The van der Waals surface area contributed by atoms with Gasteiger partial charge in [0.15, 0.2) is 11.6 Å². The molecule has 3 rings (SSSR count). The quantitative estimate of drug-likeness (QED) is 0.501. The summed E-state index contributed by atoms with van der Waals surface area (Å²) in [6.07, 6.45) is 3.53. The van der Waals surface area contributed by atoms with E-state index in [9.17, 15) is 14.5 Å². The summed E-state index contributed by atoms with van der Waals surface area (Å²) in [5.74, 6) is 0.256. The molecule has 0 saturated heterocycles. The summed E-state index contributed by atoms with van der Waals surface area (Å²) in [4.78, 5) is 14.8. The second-order valence-corrected chi connectivity index (χ2v) is 5.79. The molecule has 0 atom stereocenters. The van der Waals surface area contributed by atoms with Crippen LogP contribution in [0, 0.1) is 15.9 Å². The molecule has 0 aliphatic rings. The smallest absolute Gasteiger partial charge is 0.333 e. The van der Waals surface area contributed by atoms with Crippen molar-refractivity contribution in [2.75, 3.05) is 5.32 Å². The van der Waals surface area contributed by atoms with Gasteiger partial charge in [-0.3, -0.25) is 15.1 Å². The van der Waals surface area contributed by atoms with Crippen LogP contribution in [0.4, 0.5) is 15.9 Å². The number of aryl methyl sites for hydroxylation is 2. The number of halogens is 1. The minimum absolute atomic E-state index is 0.0583. The minimum atomic E-state index is -0.535. The first-order chi connectivity index (χ1) is 13.0. The van der Waals surface area contributed by atoms with E-state index in [1.807, 2.05) is 0 Å². The normalized spacial score (nSPS) is 10.6. The maximum Gasteiger partial charge on any atom is 0.333 e. The van der Waals surface area contributed by atoms with Crippen molar-refractivity contribution in [1.82, 2.24) is 14.8 Å². The maximum absolute atomic E-state index is 14.3. The van der Waals surface area contributed by atoms with E-state index in [0.717, 1.165) is 0 Å². The zero-order valence-corrected chi connectivity index (χ0v) is 14.8. The zero-order valence-electron chi connectivity index (χ0n) is 14.8. The molecule has 3 aromatic rings. The third kappa shape index (κ3) is 4.02. The molecule has 0 saturated carbocycles. The lowest BCUT2D eigenvalue weighted by Gasteiger charge is -2.09. The molecule has 0 unspecified atom stereocenters. The Morgan fingerprint density at radius 2 is 2.19 bits per heavy atom. The first kappa shape index (κ1) is 18.3. The molecule has 2 heterocycles. The third-order valence-electron chi connectivity index (χ3n) is 3.93. The van der Waals surface area contributed by atoms with Crippen LogP contribution in [0.5, 0.6) is 11.5 Å². The highest BCUT2D eigenvalue weighted by Crippen LogP contribution is 2.29. The molecule has 0 fully saturated rings. The van der Waals surface area contributed by atoms with Crippen LogP contribution in [0.1, 0.15) is 18.2 Å². The highest BCUT2D eigenvalue weighted by Gasteiger charge is 2.25. The number of rotatable bonds is 7. The van der Waals surface area contributed by atoms with Crippen molar-refractivity contribution in [2.45, 2.75) is 19.9 Å². The van der Waals surface area contributed by atoms with Gasteiger partial charge in [0.2, 0.25) is 5.82 Å². The van der Waals surface area contributed by atoms with Crippen molar-refractivity contribution in [1.29, 1.82) is 0 Å². The molecule has 0 bridgehead atoms. The first-order valence-corrected chi connectivity index (χ1v) is 8.30. The Balaban J connectivity index is 1.75. The van der Waals surface area contributed by atoms with E-state index in [-0.39, 0.29) is 23.8 Å². The Hall–Kier alpha value is -3.49. The van der Waals surface area contributed by atoms with E-state index >= 15 is 0 Å². The highest BCUT2D eigenvalue weighted by atomic mass is 19.1. The van der Waals surface area contributed by atoms with Crippen molar-refractivity contribution >= 4 is 11.5 Å². The van der Waals surface area contributed by atoms with E-state index < -0.39 is 10.7 Å². The summed E-state index contributed by atoms with van der Waals surface area (Å²) < 4.78 is 21.2. The van der Waals surface area contributed by atoms with Crippen LogP contribution in [-0.4, -0.2) is 19.7 Å². The average molecular weight is 371 g/mol. The van der Waals surface area contributed by atoms with Gasteiger partial charge in [-0.1, -0.05) is 13.0 Å². The van der Waals surface area contributed by atoms with Gasteiger partial charge in [-0.05, 0) is 36.2 Å². The van der Waals surface area contributed by atoms with Crippen molar-refractivity contribution in [3.05, 3.63) is 69.9 Å². The van der Waals surface area contributed by atoms with E-state index in [0.29, 0.717) is 23.4 Å². The molecule has 9 heteroatoms. The number of hydrogen-bond donors (Lipinski definition) is 1. The van der Waals surface area contributed by atoms with Gasteiger partial charge in [0, 0.05) is 19.8 Å². The Kier molecular flexibility index (Phi) is 5.30. The maximum atomic E-state index is 14.3. The number of anilines is 1. The van der Waals surface area contributed by atoms with E-state index in [1.54, 1.807) is 38.4 Å². The number of benzene rings is 1. The minimum Gasteiger partial charge on any atom is -0.453 e. The zero-order chi connectivity index (χ0) is 19.4. The van der Waals surface area contributed by atoms with Crippen molar-refractivity contribution in [2.24, 2.45) is 7.05 Å². The molecule has 0 spiro atoms. The molecule has 27 heavy (non-hydrogen) atoms. The van der Waals surface area contributed by atoms with Crippen LogP contribution >= 0.6 is 0 Å². The van der Waals surface area contributed by atoms with E-state index in [2.05, 4.69) is 15.4 Å². The largest absolute Gasteiger partial charge is 0.453 e. The number of aromatic nitrogens is 3. The molecule has 140 valence electrons. The molecular weight excluding hydrogens is 353 g/mol. The van der Waals surface area contributed by atoms with Crippen LogP contribution in [0.2, 0.25) is 0 Å². The number of pyridine rings is 1. The van der Waals surface area contributed by atoms with Crippen molar-refractivity contribution in [3.8, 4) is 11.5 Å². The Morgan fingerprint density at radius 3 is 2.81 bits per heavy atom. The fourth-order valence-corrected chi connectivity index (χ4v) is 2.65. The number of nitro groups is 1. The summed E-state index contributed by atoms with van der Waals surface area (Å²) in [5.41, 5.74) is 0.952. The fourth-order valence-electron chi connectivity index (χ4n) is 2.65. The highest BCUT2D eigenvalue weighted by molar-refractivity contribution is 5.60. The van der Waals surface area contributed by atoms with Gasteiger partial charge in [0.05, 0.1) is 11.1 Å². The lowest BCUT2D eigenvalue weighted by Crippen LogP contribution is -2.06. The van der Waals surface area contributed by atoms with Crippen molar-refractivity contribution in [3.63, 3.8) is 0 Å². The lowest BCUT2D eigenvalue weighted by molar-refractivity contribution is -0.384. The monoisotopic (exact) mass is 371 g/mol. The van der Waals surface area contributed by atoms with E-state index in [1.165, 1.54) is 23.0 Å². The molecule has 0 aliphatic heterocycles. The Morgan fingerprint density at radius 1 is 1.37 bits per heavy atom.